The first-order chi connectivity index (χ1) is 13.2. The van der Waals surface area contributed by atoms with Crippen molar-refractivity contribution in [2.45, 2.75) is 19.4 Å². The van der Waals surface area contributed by atoms with Crippen LogP contribution in [0.2, 0.25) is 0 Å². The van der Waals surface area contributed by atoms with Crippen molar-refractivity contribution in [1.82, 2.24) is 29.6 Å². The van der Waals surface area contributed by atoms with Gasteiger partial charge in [-0.15, -0.1) is 0 Å². The van der Waals surface area contributed by atoms with E-state index in [0.717, 1.165) is 18.4 Å². The van der Waals surface area contributed by atoms with Gasteiger partial charge >= 0.3 is 0 Å². The zero-order chi connectivity index (χ0) is 18.6. The van der Waals surface area contributed by atoms with Crippen molar-refractivity contribution in [1.29, 1.82) is 0 Å². The Labute approximate surface area is 155 Å². The maximum Gasteiger partial charge on any atom is 0.271 e. The molecule has 138 valence electrons. The van der Waals surface area contributed by atoms with Crippen molar-refractivity contribution >= 4 is 5.91 Å². The summed E-state index contributed by atoms with van der Waals surface area (Å²) >= 11 is 0. The van der Waals surface area contributed by atoms with Crippen molar-refractivity contribution in [2.24, 2.45) is 5.92 Å². The van der Waals surface area contributed by atoms with Crippen LogP contribution >= 0.6 is 0 Å². The summed E-state index contributed by atoms with van der Waals surface area (Å²) in [5.41, 5.74) is 1.98. The Bertz CT molecular complexity index is 959. The molecule has 0 atom stereocenters. The standard InChI is InChI=1S/C19H20N6O2/c26-18-11-17(15-1-6-20-7-2-15)21-13-25(18)12-14-4-9-24(10-5-14)19(27)16-3-8-22-23-16/h1-3,6-8,11,13-14H,4-5,9-10,12H2,(H,22,23). The number of pyridine rings is 1. The fourth-order valence-corrected chi connectivity index (χ4v) is 3.39. The lowest BCUT2D eigenvalue weighted by atomic mass is 9.96. The van der Waals surface area contributed by atoms with Crippen LogP contribution in [0.15, 0.2) is 54.0 Å². The molecule has 3 aromatic rings. The number of H-pyrrole nitrogens is 1. The Morgan fingerprint density at radius 2 is 1.93 bits per heavy atom. The molecule has 1 aliphatic heterocycles. The Morgan fingerprint density at radius 1 is 1.15 bits per heavy atom. The summed E-state index contributed by atoms with van der Waals surface area (Å²) in [6.07, 6.45) is 8.27. The molecule has 0 unspecified atom stereocenters. The number of hydrogen-bond acceptors (Lipinski definition) is 5. The number of nitrogens with one attached hydrogen (secondary N) is 1. The molecular weight excluding hydrogens is 344 g/mol. The average Bonchev–Trinajstić information content (AvgIpc) is 3.25. The molecular formula is C19H20N6O2. The number of carbonyl (C=O) groups is 1. The molecule has 3 aromatic heterocycles. The molecule has 1 N–H and O–H groups in total. The third kappa shape index (κ3) is 3.79. The van der Waals surface area contributed by atoms with Crippen LogP contribution in [0.25, 0.3) is 11.3 Å². The van der Waals surface area contributed by atoms with Gasteiger partial charge in [0.15, 0.2) is 0 Å². The van der Waals surface area contributed by atoms with Gasteiger partial charge in [-0.2, -0.15) is 5.10 Å². The van der Waals surface area contributed by atoms with Crippen LogP contribution in [0.3, 0.4) is 0 Å². The largest absolute Gasteiger partial charge is 0.337 e. The molecule has 0 radical (unpaired) electrons. The molecule has 1 fully saturated rings. The third-order valence-corrected chi connectivity index (χ3v) is 4.94. The number of nitrogens with zero attached hydrogens (tertiary/aromatic N) is 5. The minimum Gasteiger partial charge on any atom is -0.337 e. The third-order valence-electron chi connectivity index (χ3n) is 4.94. The summed E-state index contributed by atoms with van der Waals surface area (Å²) in [6.45, 7) is 1.98. The zero-order valence-electron chi connectivity index (χ0n) is 14.8. The monoisotopic (exact) mass is 364 g/mol. The van der Waals surface area contributed by atoms with E-state index < -0.39 is 0 Å². The molecule has 0 saturated carbocycles. The highest BCUT2D eigenvalue weighted by Crippen LogP contribution is 2.20. The van der Waals surface area contributed by atoms with Crippen molar-refractivity contribution in [2.75, 3.05) is 13.1 Å². The smallest absolute Gasteiger partial charge is 0.271 e. The average molecular weight is 364 g/mol. The van der Waals surface area contributed by atoms with Gasteiger partial charge in [-0.3, -0.25) is 24.2 Å². The molecule has 0 bridgehead atoms. The van der Waals surface area contributed by atoms with E-state index in [9.17, 15) is 9.59 Å². The SMILES string of the molecule is O=C(c1ccn[nH]1)N1CCC(Cn2cnc(-c3ccncc3)cc2=O)CC1. The van der Waals surface area contributed by atoms with E-state index >= 15 is 0 Å². The molecule has 27 heavy (non-hydrogen) atoms. The Kier molecular flexibility index (Phi) is 4.78. The molecule has 0 aliphatic carbocycles. The second-order valence-corrected chi connectivity index (χ2v) is 6.71. The van der Waals surface area contributed by atoms with Crippen molar-refractivity contribution in [3.05, 3.63) is 65.2 Å². The highest BCUT2D eigenvalue weighted by Gasteiger charge is 2.24. The number of carbonyl (C=O) groups excluding carboxylic acids is 1. The second-order valence-electron chi connectivity index (χ2n) is 6.71. The maximum atomic E-state index is 12.4. The minimum absolute atomic E-state index is 0.0218. The first-order valence-electron chi connectivity index (χ1n) is 8.96. The fourth-order valence-electron chi connectivity index (χ4n) is 3.39. The van der Waals surface area contributed by atoms with Crippen LogP contribution in [-0.2, 0) is 6.54 Å². The normalized spacial score (nSPS) is 15.0. The van der Waals surface area contributed by atoms with Crippen molar-refractivity contribution in [3.8, 4) is 11.3 Å². The summed E-state index contributed by atoms with van der Waals surface area (Å²) in [7, 11) is 0. The number of aromatic amines is 1. The Hall–Kier alpha value is -3.29. The van der Waals surface area contributed by atoms with Crippen LogP contribution in [-0.4, -0.2) is 48.6 Å². The number of amides is 1. The van der Waals surface area contributed by atoms with Gasteiger partial charge in [-0.05, 0) is 37.0 Å². The van der Waals surface area contributed by atoms with Crippen LogP contribution < -0.4 is 5.56 Å². The van der Waals surface area contributed by atoms with E-state index in [1.54, 1.807) is 41.6 Å². The highest BCUT2D eigenvalue weighted by molar-refractivity contribution is 5.92. The van der Waals surface area contributed by atoms with Gasteiger partial charge in [0.2, 0.25) is 0 Å². The Morgan fingerprint density at radius 3 is 2.59 bits per heavy atom. The first-order valence-corrected chi connectivity index (χ1v) is 8.96. The van der Waals surface area contributed by atoms with Crippen molar-refractivity contribution in [3.63, 3.8) is 0 Å². The van der Waals surface area contributed by atoms with Gasteiger partial charge < -0.3 is 4.90 Å². The minimum atomic E-state index is -0.0622. The molecule has 0 aromatic carbocycles. The molecule has 8 heteroatoms. The number of rotatable bonds is 4. The summed E-state index contributed by atoms with van der Waals surface area (Å²) < 4.78 is 1.65. The van der Waals surface area contributed by atoms with Crippen LogP contribution in [0.1, 0.15) is 23.3 Å². The van der Waals surface area contributed by atoms with Gasteiger partial charge in [0.25, 0.3) is 11.5 Å². The first kappa shape index (κ1) is 17.1. The lowest BCUT2D eigenvalue weighted by Gasteiger charge is -2.31. The molecule has 0 spiro atoms. The topological polar surface area (TPSA) is 96.8 Å². The molecule has 1 amide bonds. The quantitative estimate of drug-likeness (QED) is 0.758. The second kappa shape index (κ2) is 7.53. The van der Waals surface area contributed by atoms with Crippen LogP contribution in [0, 0.1) is 5.92 Å². The lowest BCUT2D eigenvalue weighted by Crippen LogP contribution is -2.40. The molecule has 8 nitrogen and oxygen atoms in total. The lowest BCUT2D eigenvalue weighted by molar-refractivity contribution is 0.0676. The molecule has 1 aliphatic rings. The van der Waals surface area contributed by atoms with E-state index in [1.807, 2.05) is 17.0 Å². The number of piperidine rings is 1. The predicted molar refractivity (Wildman–Crippen MR) is 98.9 cm³/mol. The number of aromatic nitrogens is 5. The summed E-state index contributed by atoms with van der Waals surface area (Å²) in [5.74, 6) is 0.327. The van der Waals surface area contributed by atoms with E-state index in [1.165, 1.54) is 0 Å². The van der Waals surface area contributed by atoms with Gasteiger partial charge in [-0.1, -0.05) is 0 Å². The van der Waals surface area contributed by atoms with Crippen molar-refractivity contribution < 1.29 is 4.79 Å². The maximum absolute atomic E-state index is 12.4. The van der Waals surface area contributed by atoms with Crippen LogP contribution in [0.5, 0.6) is 0 Å². The van der Waals surface area contributed by atoms with Gasteiger partial charge in [-0.25, -0.2) is 4.98 Å². The van der Waals surface area contributed by atoms with Gasteiger partial charge in [0, 0.05) is 49.9 Å². The van der Waals surface area contributed by atoms with Gasteiger partial charge in [0.05, 0.1) is 12.0 Å². The van der Waals surface area contributed by atoms with Gasteiger partial charge in [0.1, 0.15) is 5.69 Å². The summed E-state index contributed by atoms with van der Waals surface area (Å²) in [6, 6.07) is 6.91. The molecule has 4 rings (SSSR count). The summed E-state index contributed by atoms with van der Waals surface area (Å²) in [4.78, 5) is 35.0. The van der Waals surface area contributed by atoms with Crippen LogP contribution in [0.4, 0.5) is 0 Å². The molecule has 1 saturated heterocycles. The number of likely N-dealkylation sites (tertiary alicyclic amines) is 1. The zero-order valence-corrected chi connectivity index (χ0v) is 14.8. The van der Waals surface area contributed by atoms with E-state index in [-0.39, 0.29) is 11.5 Å². The fraction of sp³-hybridized carbons (Fsp3) is 0.316. The van der Waals surface area contributed by atoms with E-state index in [2.05, 4.69) is 20.2 Å². The predicted octanol–water partition coefficient (Wildman–Crippen LogP) is 1.58. The van der Waals surface area contributed by atoms with E-state index in [0.29, 0.717) is 36.9 Å². The number of hydrogen-bond donors (Lipinski definition) is 1. The summed E-state index contributed by atoms with van der Waals surface area (Å²) in [5, 5.41) is 6.54. The highest BCUT2D eigenvalue weighted by atomic mass is 16.2. The molecule has 4 heterocycles. The Balaban J connectivity index is 1.38. The van der Waals surface area contributed by atoms with E-state index in [4.69, 9.17) is 0 Å².